The van der Waals surface area contributed by atoms with Gasteiger partial charge in [-0.05, 0) is 12.1 Å². The van der Waals surface area contributed by atoms with Crippen molar-refractivity contribution in [3.8, 4) is 11.4 Å². The fourth-order valence-electron chi connectivity index (χ4n) is 1.09. The highest BCUT2D eigenvalue weighted by Crippen LogP contribution is 2.15. The molecule has 0 aliphatic heterocycles. The average Bonchev–Trinajstić information content (AvgIpc) is 2.49. The van der Waals surface area contributed by atoms with Gasteiger partial charge in [0.05, 0.1) is 0 Å². The highest BCUT2D eigenvalue weighted by molar-refractivity contribution is 5.55. The molecule has 0 saturated carbocycles. The smallest absolute Gasteiger partial charge is 0.222 e. The highest BCUT2D eigenvalue weighted by atomic mass is 15.3. The molecule has 0 aliphatic carbocycles. The molecular weight excluding hydrogens is 166 g/mol. The van der Waals surface area contributed by atoms with Crippen LogP contribution in [0.4, 0.5) is 5.95 Å². The van der Waals surface area contributed by atoms with E-state index in [1.54, 1.807) is 17.0 Å². The first-order chi connectivity index (χ1) is 6.29. The van der Waals surface area contributed by atoms with Crippen molar-refractivity contribution >= 4 is 5.95 Å². The largest absolute Gasteiger partial charge is 0.368 e. The molecule has 5 nitrogen and oxygen atoms in total. The zero-order valence-corrected chi connectivity index (χ0v) is 7.18. The molecule has 2 rings (SSSR count). The molecule has 0 amide bonds. The summed E-state index contributed by atoms with van der Waals surface area (Å²) in [5.41, 5.74) is 6.51. The Morgan fingerprint density at radius 1 is 1.23 bits per heavy atom. The van der Waals surface area contributed by atoms with Gasteiger partial charge in [0.1, 0.15) is 0 Å². The van der Waals surface area contributed by atoms with E-state index in [2.05, 4.69) is 15.2 Å². The molecule has 0 aromatic carbocycles. The molecule has 0 spiro atoms. The number of nitrogen functional groups attached to an aromatic ring is 1. The minimum Gasteiger partial charge on any atom is -0.368 e. The number of rotatable bonds is 1. The maximum absolute atomic E-state index is 5.55. The topological polar surface area (TPSA) is 69.6 Å². The van der Waals surface area contributed by atoms with Crippen molar-refractivity contribution in [3.05, 3.63) is 24.5 Å². The lowest BCUT2D eigenvalue weighted by atomic mass is 10.2. The van der Waals surface area contributed by atoms with Crippen LogP contribution in [0.3, 0.4) is 0 Å². The monoisotopic (exact) mass is 175 g/mol. The maximum atomic E-state index is 5.55. The van der Waals surface area contributed by atoms with E-state index in [0.717, 1.165) is 11.4 Å². The van der Waals surface area contributed by atoms with Gasteiger partial charge in [0.2, 0.25) is 5.95 Å². The van der Waals surface area contributed by atoms with Gasteiger partial charge in [-0.2, -0.15) is 0 Å². The molecule has 0 fully saturated rings. The van der Waals surface area contributed by atoms with E-state index in [0.29, 0.717) is 5.95 Å². The Morgan fingerprint density at radius 3 is 2.46 bits per heavy atom. The van der Waals surface area contributed by atoms with Crippen molar-refractivity contribution < 1.29 is 0 Å². The number of nitrogens with zero attached hydrogens (tertiary/aromatic N) is 4. The molecule has 2 aromatic heterocycles. The summed E-state index contributed by atoms with van der Waals surface area (Å²) < 4.78 is 1.73. The van der Waals surface area contributed by atoms with E-state index < -0.39 is 0 Å². The summed E-state index contributed by atoms with van der Waals surface area (Å²) >= 11 is 0. The lowest BCUT2D eigenvalue weighted by Gasteiger charge is -1.99. The predicted octanol–water partition coefficient (Wildman–Crippen LogP) is 0.459. The second-order valence-electron chi connectivity index (χ2n) is 2.68. The normalized spacial score (nSPS) is 10.2. The van der Waals surface area contributed by atoms with Crippen LogP contribution < -0.4 is 5.73 Å². The number of aromatic nitrogens is 4. The molecule has 0 saturated heterocycles. The zero-order chi connectivity index (χ0) is 9.26. The minimum atomic E-state index is 0.409. The van der Waals surface area contributed by atoms with E-state index in [1.807, 2.05) is 19.2 Å². The third kappa shape index (κ3) is 1.24. The fraction of sp³-hybridized carbons (Fsp3) is 0.125. The summed E-state index contributed by atoms with van der Waals surface area (Å²) in [6, 6.07) is 3.73. The average molecular weight is 175 g/mol. The van der Waals surface area contributed by atoms with Gasteiger partial charge in [0, 0.05) is 25.0 Å². The minimum absolute atomic E-state index is 0.409. The first-order valence-corrected chi connectivity index (χ1v) is 3.84. The summed E-state index contributed by atoms with van der Waals surface area (Å²) in [5, 5.41) is 7.71. The summed E-state index contributed by atoms with van der Waals surface area (Å²) in [4.78, 5) is 3.92. The van der Waals surface area contributed by atoms with Crippen molar-refractivity contribution in [2.75, 3.05) is 5.73 Å². The quantitative estimate of drug-likeness (QED) is 0.683. The van der Waals surface area contributed by atoms with Crippen LogP contribution >= 0.6 is 0 Å². The van der Waals surface area contributed by atoms with Crippen molar-refractivity contribution in [3.63, 3.8) is 0 Å². The summed E-state index contributed by atoms with van der Waals surface area (Å²) in [5.74, 6) is 1.16. The second-order valence-corrected chi connectivity index (χ2v) is 2.68. The number of hydrogen-bond donors (Lipinski definition) is 1. The van der Waals surface area contributed by atoms with Crippen LogP contribution in [0.5, 0.6) is 0 Å². The molecule has 13 heavy (non-hydrogen) atoms. The standard InChI is InChI=1S/C8H9N5/c1-13-7(11-12-8(13)9)6-2-4-10-5-3-6/h2-5H,1H3,(H2,9,12). The van der Waals surface area contributed by atoms with Crippen LogP contribution in [0.25, 0.3) is 11.4 Å². The summed E-state index contributed by atoms with van der Waals surface area (Å²) in [7, 11) is 1.82. The van der Waals surface area contributed by atoms with E-state index in [-0.39, 0.29) is 0 Å². The third-order valence-corrected chi connectivity index (χ3v) is 1.85. The van der Waals surface area contributed by atoms with Crippen molar-refractivity contribution in [2.24, 2.45) is 7.05 Å². The van der Waals surface area contributed by atoms with Crippen LogP contribution in [0, 0.1) is 0 Å². The predicted molar refractivity (Wildman–Crippen MR) is 48.6 cm³/mol. The maximum Gasteiger partial charge on any atom is 0.222 e. The highest BCUT2D eigenvalue weighted by Gasteiger charge is 2.06. The van der Waals surface area contributed by atoms with Gasteiger partial charge < -0.3 is 5.73 Å². The number of anilines is 1. The van der Waals surface area contributed by atoms with Gasteiger partial charge in [0.25, 0.3) is 0 Å². The van der Waals surface area contributed by atoms with Crippen LogP contribution in [0.2, 0.25) is 0 Å². The molecule has 2 aromatic rings. The fourth-order valence-corrected chi connectivity index (χ4v) is 1.09. The van der Waals surface area contributed by atoms with Crippen molar-refractivity contribution in [2.45, 2.75) is 0 Å². The summed E-state index contributed by atoms with van der Waals surface area (Å²) in [6.07, 6.45) is 3.42. The third-order valence-electron chi connectivity index (χ3n) is 1.85. The molecule has 0 bridgehead atoms. The number of hydrogen-bond acceptors (Lipinski definition) is 4. The summed E-state index contributed by atoms with van der Waals surface area (Å²) in [6.45, 7) is 0. The molecule has 0 aliphatic rings. The van der Waals surface area contributed by atoms with Gasteiger partial charge in [-0.1, -0.05) is 0 Å². The van der Waals surface area contributed by atoms with Gasteiger partial charge in [-0.25, -0.2) is 0 Å². The van der Waals surface area contributed by atoms with Gasteiger partial charge >= 0.3 is 0 Å². The lowest BCUT2D eigenvalue weighted by molar-refractivity contribution is 0.934. The van der Waals surface area contributed by atoms with Crippen molar-refractivity contribution in [1.29, 1.82) is 0 Å². The molecule has 0 unspecified atom stereocenters. The Labute approximate surface area is 75.2 Å². The Balaban J connectivity index is 2.53. The van der Waals surface area contributed by atoms with Crippen LogP contribution in [0.1, 0.15) is 0 Å². The lowest BCUT2D eigenvalue weighted by Crippen LogP contribution is -1.98. The first-order valence-electron chi connectivity index (χ1n) is 3.84. The van der Waals surface area contributed by atoms with Gasteiger partial charge in [-0.15, -0.1) is 10.2 Å². The van der Waals surface area contributed by atoms with Crippen LogP contribution in [0.15, 0.2) is 24.5 Å². The molecule has 0 radical (unpaired) electrons. The molecule has 2 heterocycles. The van der Waals surface area contributed by atoms with Gasteiger partial charge in [-0.3, -0.25) is 9.55 Å². The first kappa shape index (κ1) is 7.72. The molecular formula is C8H9N5. The molecule has 2 N–H and O–H groups in total. The zero-order valence-electron chi connectivity index (χ0n) is 7.18. The van der Waals surface area contributed by atoms with E-state index >= 15 is 0 Å². The van der Waals surface area contributed by atoms with E-state index in [4.69, 9.17) is 5.73 Å². The van der Waals surface area contributed by atoms with Crippen LogP contribution in [-0.4, -0.2) is 19.7 Å². The Kier molecular flexibility index (Phi) is 1.70. The van der Waals surface area contributed by atoms with Crippen LogP contribution in [-0.2, 0) is 7.05 Å². The number of pyridine rings is 1. The molecule has 66 valence electrons. The molecule has 0 atom stereocenters. The van der Waals surface area contributed by atoms with Crippen molar-refractivity contribution in [1.82, 2.24) is 19.7 Å². The Hall–Kier alpha value is -1.91. The van der Waals surface area contributed by atoms with Gasteiger partial charge in [0.15, 0.2) is 5.82 Å². The number of nitrogens with two attached hydrogens (primary N) is 1. The Morgan fingerprint density at radius 2 is 1.92 bits per heavy atom. The van der Waals surface area contributed by atoms with E-state index in [1.165, 1.54) is 0 Å². The Bertz CT molecular complexity index is 406. The molecule has 5 heteroatoms. The van der Waals surface area contributed by atoms with E-state index in [9.17, 15) is 0 Å². The second kappa shape index (κ2) is 2.85. The SMILES string of the molecule is Cn1c(N)nnc1-c1ccncc1.